The molecule has 0 radical (unpaired) electrons. The van der Waals surface area contributed by atoms with Gasteiger partial charge in [0.25, 0.3) is 0 Å². The summed E-state index contributed by atoms with van der Waals surface area (Å²) < 4.78 is 39.2. The lowest BCUT2D eigenvalue weighted by Gasteiger charge is -2.21. The molecule has 1 rings (SSSR count). The molecule has 0 heterocycles. The molecule has 1 unspecified atom stereocenters. The number of unbranched alkanes of at least 4 members (excludes halogenated alkanes) is 1. The summed E-state index contributed by atoms with van der Waals surface area (Å²) in [4.78, 5) is 0. The molecule has 0 saturated carbocycles. The monoisotopic (exact) mass is 338 g/mol. The SMILES string of the molecule is CCCCC(CN)Nc1ccc(Br)cc1C(F)(F)F. The van der Waals surface area contributed by atoms with Gasteiger partial charge in [0.1, 0.15) is 0 Å². The molecule has 0 spiro atoms. The minimum atomic E-state index is -4.38. The molecule has 0 aliphatic carbocycles. The summed E-state index contributed by atoms with van der Waals surface area (Å²) in [5, 5.41) is 2.90. The number of anilines is 1. The van der Waals surface area contributed by atoms with Crippen LogP contribution in [0.2, 0.25) is 0 Å². The number of hydrogen-bond donors (Lipinski definition) is 2. The Bertz CT molecular complexity index is 407. The van der Waals surface area contributed by atoms with Crippen molar-refractivity contribution < 1.29 is 13.2 Å². The van der Waals surface area contributed by atoms with E-state index in [2.05, 4.69) is 21.2 Å². The lowest BCUT2D eigenvalue weighted by Crippen LogP contribution is -2.29. The zero-order valence-electron chi connectivity index (χ0n) is 10.7. The molecular weight excluding hydrogens is 321 g/mol. The molecule has 1 aromatic carbocycles. The quantitative estimate of drug-likeness (QED) is 0.806. The second-order valence-electron chi connectivity index (χ2n) is 4.41. The second-order valence-corrected chi connectivity index (χ2v) is 5.32. The Labute approximate surface area is 119 Å². The van der Waals surface area contributed by atoms with E-state index in [1.807, 2.05) is 6.92 Å². The van der Waals surface area contributed by atoms with E-state index < -0.39 is 11.7 Å². The number of halogens is 4. The Morgan fingerprint density at radius 2 is 2.05 bits per heavy atom. The van der Waals surface area contributed by atoms with Crippen molar-refractivity contribution in [1.29, 1.82) is 0 Å². The standard InChI is InChI=1S/C13H18BrF3N2/c1-2-3-4-10(8-18)19-12-6-5-9(14)7-11(12)13(15,16)17/h5-7,10,19H,2-4,8,18H2,1H3. The maximum atomic E-state index is 12.9. The predicted octanol–water partition coefficient (Wildman–Crippen LogP) is 4.40. The molecule has 0 aliphatic rings. The van der Waals surface area contributed by atoms with E-state index in [4.69, 9.17) is 5.73 Å². The molecule has 0 amide bonds. The molecule has 0 aromatic heterocycles. The summed E-state index contributed by atoms with van der Waals surface area (Å²) in [7, 11) is 0. The van der Waals surface area contributed by atoms with E-state index in [-0.39, 0.29) is 11.7 Å². The summed E-state index contributed by atoms with van der Waals surface area (Å²) >= 11 is 3.06. The zero-order valence-corrected chi connectivity index (χ0v) is 12.3. The predicted molar refractivity (Wildman–Crippen MR) is 75.1 cm³/mol. The number of benzene rings is 1. The van der Waals surface area contributed by atoms with E-state index in [0.29, 0.717) is 11.0 Å². The molecular formula is C13H18BrF3N2. The molecule has 1 aromatic rings. The van der Waals surface area contributed by atoms with Crippen LogP contribution < -0.4 is 11.1 Å². The highest BCUT2D eigenvalue weighted by atomic mass is 79.9. The molecule has 0 aliphatic heterocycles. The average Bonchev–Trinajstić information content (AvgIpc) is 2.34. The van der Waals surface area contributed by atoms with Crippen LogP contribution in [0.5, 0.6) is 0 Å². The Hall–Kier alpha value is -0.750. The van der Waals surface area contributed by atoms with Gasteiger partial charge < -0.3 is 11.1 Å². The van der Waals surface area contributed by atoms with Crippen LogP contribution in [-0.2, 0) is 6.18 Å². The lowest BCUT2D eigenvalue weighted by atomic mass is 10.1. The van der Waals surface area contributed by atoms with Crippen molar-refractivity contribution in [2.75, 3.05) is 11.9 Å². The van der Waals surface area contributed by atoms with Gasteiger partial charge >= 0.3 is 6.18 Å². The highest BCUT2D eigenvalue weighted by Gasteiger charge is 2.34. The molecule has 19 heavy (non-hydrogen) atoms. The first-order valence-corrected chi connectivity index (χ1v) is 7.01. The Morgan fingerprint density at radius 1 is 1.37 bits per heavy atom. The van der Waals surface area contributed by atoms with E-state index in [1.165, 1.54) is 6.07 Å². The largest absolute Gasteiger partial charge is 0.418 e. The van der Waals surface area contributed by atoms with Crippen LogP contribution in [0.15, 0.2) is 22.7 Å². The van der Waals surface area contributed by atoms with E-state index in [9.17, 15) is 13.2 Å². The lowest BCUT2D eigenvalue weighted by molar-refractivity contribution is -0.137. The first-order chi connectivity index (χ1) is 8.88. The van der Waals surface area contributed by atoms with E-state index in [1.54, 1.807) is 6.07 Å². The second kappa shape index (κ2) is 7.14. The van der Waals surface area contributed by atoms with Crippen LogP contribution in [0.4, 0.5) is 18.9 Å². The van der Waals surface area contributed by atoms with Crippen molar-refractivity contribution in [3.63, 3.8) is 0 Å². The van der Waals surface area contributed by atoms with Gasteiger partial charge in [0, 0.05) is 22.7 Å². The molecule has 1 atom stereocenters. The van der Waals surface area contributed by atoms with Crippen LogP contribution in [-0.4, -0.2) is 12.6 Å². The summed E-state index contributed by atoms with van der Waals surface area (Å²) in [6, 6.07) is 3.96. The molecule has 0 bridgehead atoms. The topological polar surface area (TPSA) is 38.0 Å². The van der Waals surface area contributed by atoms with Crippen molar-refractivity contribution in [2.45, 2.75) is 38.4 Å². The van der Waals surface area contributed by atoms with Crippen LogP contribution in [0.25, 0.3) is 0 Å². The number of nitrogens with two attached hydrogens (primary N) is 1. The third-order valence-electron chi connectivity index (χ3n) is 2.84. The minimum absolute atomic E-state index is 0.0854. The number of alkyl halides is 3. The summed E-state index contributed by atoms with van der Waals surface area (Å²) in [5.74, 6) is 0. The Morgan fingerprint density at radius 3 is 2.58 bits per heavy atom. The third-order valence-corrected chi connectivity index (χ3v) is 3.33. The highest BCUT2D eigenvalue weighted by Crippen LogP contribution is 2.36. The summed E-state index contributed by atoms with van der Waals surface area (Å²) in [6.07, 6.45) is -1.69. The van der Waals surface area contributed by atoms with Crippen LogP contribution in [0.3, 0.4) is 0 Å². The smallest absolute Gasteiger partial charge is 0.381 e. The van der Waals surface area contributed by atoms with Gasteiger partial charge in [-0.25, -0.2) is 0 Å². The first kappa shape index (κ1) is 16.3. The Kier molecular flexibility index (Phi) is 6.13. The van der Waals surface area contributed by atoms with Crippen LogP contribution in [0.1, 0.15) is 31.7 Å². The van der Waals surface area contributed by atoms with Gasteiger partial charge in [0.05, 0.1) is 5.56 Å². The normalized spacial score (nSPS) is 13.4. The molecule has 0 saturated heterocycles. The summed E-state index contributed by atoms with van der Waals surface area (Å²) in [5.41, 5.74) is 5.01. The number of nitrogens with one attached hydrogen (secondary N) is 1. The van der Waals surface area contributed by atoms with Crippen LogP contribution in [0, 0.1) is 0 Å². The molecule has 2 nitrogen and oxygen atoms in total. The van der Waals surface area contributed by atoms with Gasteiger partial charge in [-0.15, -0.1) is 0 Å². The number of hydrogen-bond acceptors (Lipinski definition) is 2. The first-order valence-electron chi connectivity index (χ1n) is 6.21. The van der Waals surface area contributed by atoms with Crippen molar-refractivity contribution in [2.24, 2.45) is 5.73 Å². The maximum Gasteiger partial charge on any atom is 0.418 e. The van der Waals surface area contributed by atoms with Crippen molar-refractivity contribution >= 4 is 21.6 Å². The fourth-order valence-corrected chi connectivity index (χ4v) is 2.16. The van der Waals surface area contributed by atoms with Crippen molar-refractivity contribution in [3.8, 4) is 0 Å². The molecule has 108 valence electrons. The van der Waals surface area contributed by atoms with Crippen molar-refractivity contribution in [3.05, 3.63) is 28.2 Å². The maximum absolute atomic E-state index is 12.9. The van der Waals surface area contributed by atoms with E-state index in [0.717, 1.165) is 25.3 Å². The average molecular weight is 339 g/mol. The molecule has 3 N–H and O–H groups in total. The van der Waals surface area contributed by atoms with Gasteiger partial charge in [-0.3, -0.25) is 0 Å². The zero-order chi connectivity index (χ0) is 14.5. The minimum Gasteiger partial charge on any atom is -0.381 e. The van der Waals surface area contributed by atoms with Gasteiger partial charge in [0.2, 0.25) is 0 Å². The van der Waals surface area contributed by atoms with Crippen LogP contribution >= 0.6 is 15.9 Å². The summed E-state index contributed by atoms with van der Waals surface area (Å²) in [6.45, 7) is 2.35. The van der Waals surface area contributed by atoms with E-state index >= 15 is 0 Å². The van der Waals surface area contributed by atoms with Crippen molar-refractivity contribution in [1.82, 2.24) is 0 Å². The third kappa shape index (κ3) is 5.03. The molecule has 6 heteroatoms. The van der Waals surface area contributed by atoms with Gasteiger partial charge in [-0.05, 0) is 24.6 Å². The highest BCUT2D eigenvalue weighted by molar-refractivity contribution is 9.10. The van der Waals surface area contributed by atoms with Gasteiger partial charge in [0.15, 0.2) is 0 Å². The van der Waals surface area contributed by atoms with Gasteiger partial charge in [-0.2, -0.15) is 13.2 Å². The van der Waals surface area contributed by atoms with Gasteiger partial charge in [-0.1, -0.05) is 35.7 Å². The Balaban J connectivity index is 2.93. The number of rotatable bonds is 6. The fraction of sp³-hybridized carbons (Fsp3) is 0.538. The molecule has 0 fully saturated rings. The fourth-order valence-electron chi connectivity index (χ4n) is 1.80.